The Morgan fingerprint density at radius 2 is 1.76 bits per heavy atom. The van der Waals surface area contributed by atoms with Gasteiger partial charge in [-0.1, -0.05) is 0 Å². The van der Waals surface area contributed by atoms with E-state index in [0.717, 1.165) is 5.75 Å². The first-order chi connectivity index (χ1) is 10.1. The van der Waals surface area contributed by atoms with Crippen LogP contribution in [-0.4, -0.2) is 44.8 Å². The molecule has 3 N–H and O–H groups in total. The molecule has 2 amide bonds. The summed E-state index contributed by atoms with van der Waals surface area (Å²) in [6, 6.07) is 6.01. The fraction of sp³-hybridized carbons (Fsp3) is 0.429. The zero-order valence-corrected chi connectivity index (χ0v) is 12.1. The van der Waals surface area contributed by atoms with Gasteiger partial charge in [-0.25, -0.2) is 0 Å². The van der Waals surface area contributed by atoms with Crippen LogP contribution in [0.25, 0.3) is 0 Å². The molecule has 7 nitrogen and oxygen atoms in total. The summed E-state index contributed by atoms with van der Waals surface area (Å²) >= 11 is 0. The van der Waals surface area contributed by atoms with Crippen molar-refractivity contribution in [1.82, 2.24) is 5.32 Å². The van der Waals surface area contributed by atoms with Crippen molar-refractivity contribution in [2.75, 3.05) is 26.9 Å². The average Bonchev–Trinajstić information content (AvgIpc) is 2.46. The highest BCUT2D eigenvalue weighted by Gasteiger charge is 2.17. The maximum Gasteiger partial charge on any atom is 0.258 e. The Labute approximate surface area is 123 Å². The number of hydrogen-bond acceptors (Lipinski definition) is 5. The lowest BCUT2D eigenvalue weighted by molar-refractivity contribution is -0.129. The van der Waals surface area contributed by atoms with Gasteiger partial charge in [-0.3, -0.25) is 9.59 Å². The molecule has 21 heavy (non-hydrogen) atoms. The summed E-state index contributed by atoms with van der Waals surface area (Å²) in [6.45, 7) is 2.27. The molecule has 0 saturated carbocycles. The molecular formula is C14H20N2O5. The van der Waals surface area contributed by atoms with Crippen molar-refractivity contribution in [3.8, 4) is 11.5 Å². The summed E-state index contributed by atoms with van der Waals surface area (Å²) in [6.07, 6.45) is 0. The van der Waals surface area contributed by atoms with E-state index in [9.17, 15) is 9.59 Å². The fourth-order valence-electron chi connectivity index (χ4n) is 1.55. The second kappa shape index (κ2) is 8.80. The van der Waals surface area contributed by atoms with Gasteiger partial charge in [0.05, 0.1) is 13.2 Å². The molecule has 0 heterocycles. The highest BCUT2D eigenvalue weighted by atomic mass is 16.5. The van der Waals surface area contributed by atoms with Gasteiger partial charge in [0, 0.05) is 7.11 Å². The molecule has 116 valence electrons. The molecule has 0 spiro atoms. The highest BCUT2D eigenvalue weighted by molar-refractivity contribution is 5.87. The zero-order chi connectivity index (χ0) is 15.7. The first-order valence-corrected chi connectivity index (χ1v) is 6.50. The van der Waals surface area contributed by atoms with Gasteiger partial charge in [0.15, 0.2) is 6.61 Å². The predicted octanol–water partition coefficient (Wildman–Crippen LogP) is 0.0806. The zero-order valence-electron chi connectivity index (χ0n) is 12.1. The Hall–Kier alpha value is -2.28. The van der Waals surface area contributed by atoms with Crippen LogP contribution < -0.4 is 20.5 Å². The molecule has 7 heteroatoms. The van der Waals surface area contributed by atoms with Gasteiger partial charge >= 0.3 is 0 Å². The Kier molecular flexibility index (Phi) is 7.03. The number of benzene rings is 1. The standard InChI is InChI=1S/C14H20N2O5/c1-3-20-10-4-6-11(7-5-10)21-9-13(17)16-12(8-19-2)14(15)18/h4-7,12H,3,8-9H2,1-2H3,(H2,15,18)(H,16,17)/t12-/m1/s1. The summed E-state index contributed by atoms with van der Waals surface area (Å²) in [5.74, 6) is 0.134. The molecule has 0 aromatic heterocycles. The molecule has 0 aliphatic carbocycles. The van der Waals surface area contributed by atoms with Crippen molar-refractivity contribution in [1.29, 1.82) is 0 Å². The van der Waals surface area contributed by atoms with Crippen LogP contribution in [0, 0.1) is 0 Å². The summed E-state index contributed by atoms with van der Waals surface area (Å²) in [7, 11) is 1.42. The second-order valence-corrected chi connectivity index (χ2v) is 4.17. The number of rotatable bonds is 9. The summed E-state index contributed by atoms with van der Waals surface area (Å²) < 4.78 is 15.4. The molecular weight excluding hydrogens is 276 g/mol. The smallest absolute Gasteiger partial charge is 0.258 e. The Morgan fingerprint density at radius 1 is 1.19 bits per heavy atom. The molecule has 0 fully saturated rings. The molecule has 0 unspecified atom stereocenters. The lowest BCUT2D eigenvalue weighted by Gasteiger charge is -2.14. The van der Waals surface area contributed by atoms with E-state index >= 15 is 0 Å². The Bertz CT molecular complexity index is 461. The van der Waals surface area contributed by atoms with E-state index in [4.69, 9.17) is 19.9 Å². The summed E-state index contributed by atoms with van der Waals surface area (Å²) in [5, 5.41) is 2.43. The van der Waals surface area contributed by atoms with Crippen molar-refractivity contribution in [3.05, 3.63) is 24.3 Å². The monoisotopic (exact) mass is 296 g/mol. The largest absolute Gasteiger partial charge is 0.494 e. The SMILES string of the molecule is CCOc1ccc(OCC(=O)N[C@H](COC)C(N)=O)cc1. The van der Waals surface area contributed by atoms with Gasteiger partial charge in [0.1, 0.15) is 17.5 Å². The average molecular weight is 296 g/mol. The topological polar surface area (TPSA) is 99.9 Å². The van der Waals surface area contributed by atoms with Crippen LogP contribution in [0.5, 0.6) is 11.5 Å². The number of methoxy groups -OCH3 is 1. The van der Waals surface area contributed by atoms with E-state index in [2.05, 4.69) is 5.32 Å². The number of carbonyl (C=O) groups is 2. The summed E-state index contributed by atoms with van der Waals surface area (Å²) in [4.78, 5) is 22.7. The lowest BCUT2D eigenvalue weighted by Crippen LogP contribution is -2.48. The van der Waals surface area contributed by atoms with E-state index in [-0.39, 0.29) is 13.2 Å². The second-order valence-electron chi connectivity index (χ2n) is 4.17. The van der Waals surface area contributed by atoms with Crippen LogP contribution in [-0.2, 0) is 14.3 Å². The summed E-state index contributed by atoms with van der Waals surface area (Å²) in [5.41, 5.74) is 5.14. The molecule has 1 aromatic rings. The van der Waals surface area contributed by atoms with Gasteiger partial charge in [-0.2, -0.15) is 0 Å². The molecule has 0 radical (unpaired) electrons. The maximum atomic E-state index is 11.7. The molecule has 0 bridgehead atoms. The third-order valence-electron chi connectivity index (χ3n) is 2.52. The normalized spacial score (nSPS) is 11.5. The number of amides is 2. The number of nitrogens with one attached hydrogen (secondary N) is 1. The fourth-order valence-corrected chi connectivity index (χ4v) is 1.55. The minimum atomic E-state index is -0.869. The molecule has 0 aliphatic rings. The Morgan fingerprint density at radius 3 is 2.24 bits per heavy atom. The minimum Gasteiger partial charge on any atom is -0.494 e. The predicted molar refractivity (Wildman–Crippen MR) is 76.1 cm³/mol. The Balaban J connectivity index is 2.43. The molecule has 1 atom stereocenters. The van der Waals surface area contributed by atoms with Crippen molar-refractivity contribution in [2.24, 2.45) is 5.73 Å². The number of hydrogen-bond donors (Lipinski definition) is 2. The first kappa shape index (κ1) is 16.8. The van der Waals surface area contributed by atoms with Crippen LogP contribution in [0.15, 0.2) is 24.3 Å². The minimum absolute atomic E-state index is 0.0180. The van der Waals surface area contributed by atoms with E-state index < -0.39 is 17.9 Å². The highest BCUT2D eigenvalue weighted by Crippen LogP contribution is 2.17. The quantitative estimate of drug-likeness (QED) is 0.672. The van der Waals surface area contributed by atoms with Crippen molar-refractivity contribution in [3.63, 3.8) is 0 Å². The lowest BCUT2D eigenvalue weighted by atomic mass is 10.3. The number of primary amides is 1. The van der Waals surface area contributed by atoms with Gasteiger partial charge in [-0.05, 0) is 31.2 Å². The molecule has 1 rings (SSSR count). The van der Waals surface area contributed by atoms with Gasteiger partial charge < -0.3 is 25.3 Å². The van der Waals surface area contributed by atoms with Gasteiger partial charge in [-0.15, -0.1) is 0 Å². The van der Waals surface area contributed by atoms with E-state index in [0.29, 0.717) is 12.4 Å². The van der Waals surface area contributed by atoms with E-state index in [1.165, 1.54) is 7.11 Å². The molecule has 1 aromatic carbocycles. The van der Waals surface area contributed by atoms with E-state index in [1.54, 1.807) is 24.3 Å². The van der Waals surface area contributed by atoms with Crippen LogP contribution in [0.2, 0.25) is 0 Å². The molecule has 0 aliphatic heterocycles. The third kappa shape index (κ3) is 6.13. The van der Waals surface area contributed by atoms with Crippen molar-refractivity contribution in [2.45, 2.75) is 13.0 Å². The molecule has 0 saturated heterocycles. The van der Waals surface area contributed by atoms with Crippen molar-refractivity contribution < 1.29 is 23.8 Å². The van der Waals surface area contributed by atoms with Gasteiger partial charge in [0.2, 0.25) is 5.91 Å². The van der Waals surface area contributed by atoms with Crippen LogP contribution in [0.3, 0.4) is 0 Å². The van der Waals surface area contributed by atoms with Crippen LogP contribution in [0.1, 0.15) is 6.92 Å². The van der Waals surface area contributed by atoms with Crippen molar-refractivity contribution >= 4 is 11.8 Å². The first-order valence-electron chi connectivity index (χ1n) is 6.50. The third-order valence-corrected chi connectivity index (χ3v) is 2.52. The number of ether oxygens (including phenoxy) is 3. The van der Waals surface area contributed by atoms with Crippen LogP contribution in [0.4, 0.5) is 0 Å². The number of carbonyl (C=O) groups excluding carboxylic acids is 2. The van der Waals surface area contributed by atoms with E-state index in [1.807, 2.05) is 6.92 Å². The number of nitrogens with two attached hydrogens (primary N) is 1. The van der Waals surface area contributed by atoms with Crippen LogP contribution >= 0.6 is 0 Å². The maximum absolute atomic E-state index is 11.7. The van der Waals surface area contributed by atoms with Gasteiger partial charge in [0.25, 0.3) is 5.91 Å².